The normalized spacial score (nSPS) is 24.7. The Kier molecular flexibility index (Phi) is 16.6. The number of benzene rings is 1. The summed E-state index contributed by atoms with van der Waals surface area (Å²) in [4.78, 5) is 13.6. The minimum Gasteiger partial charge on any atom is -0.461 e. The molecule has 6 nitrogen and oxygen atoms in total. The third-order valence-corrected chi connectivity index (χ3v) is 21.6. The number of carbonyl (C=O) groups is 1. The SMILES string of the molecule is C/C(=C/[C@H](C)[C@@H](O[Si](C)(C)C(C)(C)C)[C@@H](C)C#C[C@@H](O)C[C@@H]1O[C@@H](Sc2ccccc2)[C@H](C)[C@@H](O[Si](C)(C)C(C)(C)C)[C@H]1C)COC(=O)C(C)(C)C. The van der Waals surface area contributed by atoms with Gasteiger partial charge in [0.2, 0.25) is 0 Å². The van der Waals surface area contributed by atoms with Gasteiger partial charge in [-0.05, 0) is 88.6 Å². The van der Waals surface area contributed by atoms with Gasteiger partial charge in [0.1, 0.15) is 18.1 Å². The van der Waals surface area contributed by atoms with Gasteiger partial charge in [0, 0.05) is 35.0 Å². The number of aliphatic hydroxyl groups is 1. The van der Waals surface area contributed by atoms with Crippen molar-refractivity contribution in [3.05, 3.63) is 42.0 Å². The fourth-order valence-electron chi connectivity index (χ4n) is 5.79. The molecule has 0 radical (unpaired) electrons. The number of hydrogen-bond acceptors (Lipinski definition) is 7. The molecule has 0 spiro atoms. The van der Waals surface area contributed by atoms with Crippen LogP contribution in [0.3, 0.4) is 0 Å². The van der Waals surface area contributed by atoms with E-state index in [0.717, 1.165) is 10.5 Å². The summed E-state index contributed by atoms with van der Waals surface area (Å²) in [6.45, 7) is 39.2. The van der Waals surface area contributed by atoms with E-state index in [0.29, 0.717) is 6.42 Å². The zero-order chi connectivity index (χ0) is 40.0. The van der Waals surface area contributed by atoms with Crippen LogP contribution in [0, 0.1) is 40.9 Å². The van der Waals surface area contributed by atoms with Crippen LogP contribution in [0.4, 0.5) is 0 Å². The molecule has 52 heavy (non-hydrogen) atoms. The fraction of sp³-hybridized carbons (Fsp3) is 0.744. The summed E-state index contributed by atoms with van der Waals surface area (Å²) >= 11 is 1.74. The van der Waals surface area contributed by atoms with E-state index in [2.05, 4.69) is 138 Å². The topological polar surface area (TPSA) is 74.2 Å². The Morgan fingerprint density at radius 1 is 0.923 bits per heavy atom. The smallest absolute Gasteiger partial charge is 0.311 e. The first-order valence-corrected chi connectivity index (χ1v) is 26.0. The molecule has 1 aliphatic heterocycles. The standard InChI is InChI=1S/C43H74O6SSi2/c1-29(28-46-40(45)41(6,7)8)26-31(3)37(48-51(15,16)42(9,10)11)30(2)24-25-34(44)27-36-32(4)38(49-52(17,18)43(12,13)14)33(5)39(47-36)50-35-22-20-19-21-23-35/h19-23,26,30-34,36-39,44H,27-28H2,1-18H3/b29-26-/t30-,31-,32-,33+,34+,36-,37-,38-,39-/m0/s1. The molecule has 0 unspecified atom stereocenters. The predicted octanol–water partition coefficient (Wildman–Crippen LogP) is 11.1. The summed E-state index contributed by atoms with van der Waals surface area (Å²) in [5.41, 5.74) is 0.312. The van der Waals surface area contributed by atoms with E-state index >= 15 is 0 Å². The molecule has 1 heterocycles. The van der Waals surface area contributed by atoms with Crippen molar-refractivity contribution in [3.63, 3.8) is 0 Å². The molecule has 0 aliphatic carbocycles. The lowest BCUT2D eigenvalue weighted by molar-refractivity contribution is -0.151. The predicted molar refractivity (Wildman–Crippen MR) is 224 cm³/mol. The van der Waals surface area contributed by atoms with E-state index < -0.39 is 28.2 Å². The summed E-state index contributed by atoms with van der Waals surface area (Å²) in [5.74, 6) is 6.51. The van der Waals surface area contributed by atoms with Gasteiger partial charge in [-0.3, -0.25) is 4.79 Å². The van der Waals surface area contributed by atoms with Crippen molar-refractivity contribution in [2.75, 3.05) is 6.61 Å². The van der Waals surface area contributed by atoms with Crippen molar-refractivity contribution in [1.29, 1.82) is 0 Å². The van der Waals surface area contributed by atoms with Crippen molar-refractivity contribution in [1.82, 2.24) is 0 Å². The van der Waals surface area contributed by atoms with Crippen LogP contribution in [0.1, 0.15) is 103 Å². The molecule has 1 aromatic carbocycles. The van der Waals surface area contributed by atoms with Crippen LogP contribution in [0.15, 0.2) is 46.9 Å². The van der Waals surface area contributed by atoms with E-state index in [-0.39, 0.29) is 70.1 Å². The number of thioether (sulfide) groups is 1. The molecule has 1 N–H and O–H groups in total. The van der Waals surface area contributed by atoms with E-state index in [9.17, 15) is 9.90 Å². The largest absolute Gasteiger partial charge is 0.461 e. The second kappa shape index (κ2) is 18.5. The van der Waals surface area contributed by atoms with Gasteiger partial charge in [0.15, 0.2) is 16.6 Å². The van der Waals surface area contributed by atoms with Gasteiger partial charge in [-0.25, -0.2) is 0 Å². The summed E-state index contributed by atoms with van der Waals surface area (Å²) in [5, 5.41) is 11.6. The van der Waals surface area contributed by atoms with Crippen LogP contribution in [0.2, 0.25) is 36.3 Å². The molecule has 0 saturated carbocycles. The number of hydrogen-bond donors (Lipinski definition) is 1. The minimum atomic E-state index is -2.17. The summed E-state index contributed by atoms with van der Waals surface area (Å²) in [6, 6.07) is 10.4. The van der Waals surface area contributed by atoms with Crippen LogP contribution in [-0.4, -0.2) is 64.2 Å². The highest BCUT2D eigenvalue weighted by molar-refractivity contribution is 7.99. The molecule has 9 atom stereocenters. The van der Waals surface area contributed by atoms with E-state index in [1.165, 1.54) is 0 Å². The maximum absolute atomic E-state index is 12.4. The van der Waals surface area contributed by atoms with Crippen molar-refractivity contribution >= 4 is 34.4 Å². The Hall–Kier alpha value is -1.39. The molecule has 0 bridgehead atoms. The Morgan fingerprint density at radius 3 is 2.00 bits per heavy atom. The molecular formula is C43H74O6SSi2. The first kappa shape index (κ1) is 46.8. The van der Waals surface area contributed by atoms with Gasteiger partial charge >= 0.3 is 5.97 Å². The Balaban J connectivity index is 2.36. The maximum atomic E-state index is 12.4. The van der Waals surface area contributed by atoms with E-state index in [1.807, 2.05) is 33.8 Å². The van der Waals surface area contributed by atoms with E-state index in [1.54, 1.807) is 11.8 Å². The molecule has 0 amide bonds. The van der Waals surface area contributed by atoms with Crippen molar-refractivity contribution < 1.29 is 28.2 Å². The Morgan fingerprint density at radius 2 is 1.48 bits per heavy atom. The molecule has 1 saturated heterocycles. The molecule has 9 heteroatoms. The second-order valence-electron chi connectivity index (χ2n) is 19.4. The van der Waals surface area contributed by atoms with Gasteiger partial charge in [-0.2, -0.15) is 0 Å². The molecule has 296 valence electrons. The van der Waals surface area contributed by atoms with Crippen molar-refractivity contribution in [2.45, 2.75) is 174 Å². The maximum Gasteiger partial charge on any atom is 0.311 e. The van der Waals surface area contributed by atoms with Crippen molar-refractivity contribution in [2.24, 2.45) is 29.1 Å². The van der Waals surface area contributed by atoms with Crippen LogP contribution in [-0.2, 0) is 23.1 Å². The van der Waals surface area contributed by atoms with Gasteiger partial charge < -0.3 is 23.4 Å². The Labute approximate surface area is 325 Å². The highest BCUT2D eigenvalue weighted by Crippen LogP contribution is 2.46. The average molecular weight is 775 g/mol. The molecule has 0 aromatic heterocycles. The quantitative estimate of drug-likeness (QED) is 0.0926. The lowest BCUT2D eigenvalue weighted by Gasteiger charge is -2.49. The second-order valence-corrected chi connectivity index (χ2v) is 30.1. The molecule has 2 rings (SSSR count). The van der Waals surface area contributed by atoms with Crippen LogP contribution < -0.4 is 0 Å². The third-order valence-electron chi connectivity index (χ3n) is 11.4. The molecule has 1 aliphatic rings. The number of carbonyl (C=O) groups excluding carboxylic acids is 1. The lowest BCUT2D eigenvalue weighted by Crippen LogP contribution is -2.55. The van der Waals surface area contributed by atoms with Crippen molar-refractivity contribution in [3.8, 4) is 11.8 Å². The number of esters is 1. The first-order valence-electron chi connectivity index (χ1n) is 19.3. The monoisotopic (exact) mass is 774 g/mol. The summed E-state index contributed by atoms with van der Waals surface area (Å²) in [7, 11) is -4.25. The third kappa shape index (κ3) is 13.4. The minimum absolute atomic E-state index is 0.000790. The van der Waals surface area contributed by atoms with Gasteiger partial charge in [-0.15, -0.1) is 0 Å². The summed E-state index contributed by atoms with van der Waals surface area (Å²) in [6.07, 6.45) is 1.27. The summed E-state index contributed by atoms with van der Waals surface area (Å²) < 4.78 is 26.6. The number of aliphatic hydroxyl groups excluding tert-OH is 1. The number of rotatable bonds is 13. The van der Waals surface area contributed by atoms with Gasteiger partial charge in [0.25, 0.3) is 0 Å². The molecule has 1 aromatic rings. The fourth-order valence-corrected chi connectivity index (χ4v) is 9.86. The Bertz CT molecular complexity index is 1380. The molecule has 1 fully saturated rings. The number of ether oxygens (including phenoxy) is 2. The lowest BCUT2D eigenvalue weighted by atomic mass is 9.84. The van der Waals surface area contributed by atoms with Gasteiger partial charge in [-0.1, -0.05) is 110 Å². The highest BCUT2D eigenvalue weighted by atomic mass is 32.2. The van der Waals surface area contributed by atoms with Crippen LogP contribution in [0.5, 0.6) is 0 Å². The van der Waals surface area contributed by atoms with Gasteiger partial charge in [0.05, 0.1) is 23.7 Å². The van der Waals surface area contributed by atoms with E-state index in [4.69, 9.17) is 18.3 Å². The van der Waals surface area contributed by atoms with Crippen LogP contribution >= 0.6 is 11.8 Å². The zero-order valence-electron chi connectivity index (χ0n) is 36.0. The zero-order valence-corrected chi connectivity index (χ0v) is 38.8. The average Bonchev–Trinajstić information content (AvgIpc) is 3.00. The first-order chi connectivity index (χ1) is 23.6. The molecular weight excluding hydrogens is 701 g/mol. The van der Waals surface area contributed by atoms with Crippen LogP contribution in [0.25, 0.3) is 0 Å². The highest BCUT2D eigenvalue weighted by Gasteiger charge is 2.48.